The number of rotatable bonds is 4. The van der Waals surface area contributed by atoms with Crippen LogP contribution in [0.25, 0.3) is 11.4 Å². The van der Waals surface area contributed by atoms with Gasteiger partial charge in [0.05, 0.1) is 14.8 Å². The summed E-state index contributed by atoms with van der Waals surface area (Å²) in [5.41, 5.74) is 0.257. The van der Waals surface area contributed by atoms with Crippen LogP contribution in [0.15, 0.2) is 11.4 Å². The van der Waals surface area contributed by atoms with Crippen molar-refractivity contribution in [2.24, 2.45) is 5.41 Å². The second-order valence-corrected chi connectivity index (χ2v) is 7.54. The molecule has 19 heavy (non-hydrogen) atoms. The van der Waals surface area contributed by atoms with Crippen molar-refractivity contribution in [1.29, 1.82) is 0 Å². The molecule has 0 aliphatic heterocycles. The zero-order valence-electron chi connectivity index (χ0n) is 9.91. The van der Waals surface area contributed by atoms with Crippen LogP contribution in [0.5, 0.6) is 0 Å². The lowest BCUT2D eigenvalue weighted by molar-refractivity contribution is -0.156. The number of carboxylic acid groups (broad SMARTS) is 1. The number of halogens is 1. The summed E-state index contributed by atoms with van der Waals surface area (Å²) in [6.45, 7) is 0.344. The largest absolute Gasteiger partial charge is 0.481 e. The number of thiophene rings is 1. The Morgan fingerprint density at radius 1 is 1.58 bits per heavy atom. The Hall–Kier alpha value is -1.03. The fourth-order valence-corrected chi connectivity index (χ4v) is 3.60. The maximum atomic E-state index is 11.4. The van der Waals surface area contributed by atoms with E-state index in [9.17, 15) is 9.90 Å². The fraction of sp³-hybridized carbons (Fsp3) is 0.455. The molecule has 0 atom stereocenters. The number of hydrogen-bond donors (Lipinski definition) is 1. The molecule has 0 saturated heterocycles. The van der Waals surface area contributed by atoms with Crippen molar-refractivity contribution in [3.05, 3.63) is 14.3 Å². The zero-order valence-corrected chi connectivity index (χ0v) is 12.9. The minimum absolute atomic E-state index is 0.344. The predicted molar refractivity (Wildman–Crippen MR) is 77.8 cm³/mol. The molecular weight excluding hydrogens is 379 g/mol. The summed E-state index contributed by atoms with van der Waals surface area (Å²) >= 11 is 3.86. The number of aromatic nitrogens is 4. The molecule has 1 N–H and O–H groups in total. The van der Waals surface area contributed by atoms with Gasteiger partial charge >= 0.3 is 5.97 Å². The van der Waals surface area contributed by atoms with Crippen molar-refractivity contribution in [1.82, 2.24) is 20.2 Å². The van der Waals surface area contributed by atoms with Crippen molar-refractivity contribution in [2.45, 2.75) is 25.8 Å². The third-order valence-electron chi connectivity index (χ3n) is 3.57. The SMILES string of the molecule is O=C(O)C1(Cn2nnnc2-c2csc(I)c2)CCC1. The molecular formula is C11H11IN4O2S. The van der Waals surface area contributed by atoms with Crippen LogP contribution in [0, 0.1) is 8.30 Å². The first-order chi connectivity index (χ1) is 9.11. The molecule has 0 radical (unpaired) electrons. The average Bonchev–Trinajstić information content (AvgIpc) is 2.91. The number of carboxylic acids is 1. The Bertz CT molecular complexity index is 620. The van der Waals surface area contributed by atoms with Crippen LogP contribution in [0.2, 0.25) is 0 Å². The molecule has 2 aromatic rings. The topological polar surface area (TPSA) is 80.9 Å². The lowest BCUT2D eigenvalue weighted by atomic mass is 9.69. The molecule has 2 aromatic heterocycles. The summed E-state index contributed by atoms with van der Waals surface area (Å²) < 4.78 is 2.77. The fourth-order valence-electron chi connectivity index (χ4n) is 2.28. The number of hydrogen-bond acceptors (Lipinski definition) is 5. The van der Waals surface area contributed by atoms with Gasteiger partial charge in [-0.3, -0.25) is 4.79 Å². The lowest BCUT2D eigenvalue weighted by Gasteiger charge is -2.37. The van der Waals surface area contributed by atoms with Crippen LogP contribution < -0.4 is 0 Å². The lowest BCUT2D eigenvalue weighted by Crippen LogP contribution is -2.42. The van der Waals surface area contributed by atoms with Crippen LogP contribution in [0.4, 0.5) is 0 Å². The first-order valence-corrected chi connectivity index (χ1v) is 7.81. The summed E-state index contributed by atoms with van der Waals surface area (Å²) in [6, 6.07) is 2.00. The van der Waals surface area contributed by atoms with E-state index in [1.807, 2.05) is 11.4 Å². The Balaban J connectivity index is 1.90. The molecule has 1 aliphatic rings. The minimum Gasteiger partial charge on any atom is -0.481 e. The molecule has 2 heterocycles. The second-order valence-electron chi connectivity index (χ2n) is 4.74. The quantitative estimate of drug-likeness (QED) is 0.811. The maximum Gasteiger partial charge on any atom is 0.311 e. The normalized spacial score (nSPS) is 17.1. The Labute approximate surface area is 127 Å². The van der Waals surface area contributed by atoms with E-state index in [2.05, 4.69) is 38.1 Å². The van der Waals surface area contributed by atoms with Gasteiger partial charge in [-0.2, -0.15) is 0 Å². The maximum absolute atomic E-state index is 11.4. The Kier molecular flexibility index (Phi) is 3.29. The Morgan fingerprint density at radius 2 is 2.37 bits per heavy atom. The summed E-state index contributed by atoms with van der Waals surface area (Å²) in [4.78, 5) is 11.4. The minimum atomic E-state index is -0.750. The van der Waals surface area contributed by atoms with Gasteiger partial charge in [0.15, 0.2) is 5.82 Å². The molecule has 1 aliphatic carbocycles. The molecule has 0 bridgehead atoms. The molecule has 1 saturated carbocycles. The van der Waals surface area contributed by atoms with Gasteiger partial charge in [0.1, 0.15) is 0 Å². The summed E-state index contributed by atoms with van der Waals surface area (Å²) in [5, 5.41) is 23.0. The summed E-state index contributed by atoms with van der Waals surface area (Å²) in [5.74, 6) is -0.105. The summed E-state index contributed by atoms with van der Waals surface area (Å²) in [6.07, 6.45) is 2.35. The standard InChI is InChI=1S/C11H11IN4O2S/c12-8-4-7(5-19-8)9-13-14-15-16(9)6-11(10(17)18)2-1-3-11/h4-5H,1-3,6H2,(H,17,18). The van der Waals surface area contributed by atoms with Crippen LogP contribution in [0.3, 0.4) is 0 Å². The molecule has 0 unspecified atom stereocenters. The van der Waals surface area contributed by atoms with E-state index in [1.54, 1.807) is 16.0 Å². The summed E-state index contributed by atoms with van der Waals surface area (Å²) in [7, 11) is 0. The third kappa shape index (κ3) is 2.27. The van der Waals surface area contributed by atoms with Gasteiger partial charge in [-0.25, -0.2) is 4.68 Å². The van der Waals surface area contributed by atoms with Crippen LogP contribution in [-0.2, 0) is 11.3 Å². The van der Waals surface area contributed by atoms with Crippen LogP contribution in [-0.4, -0.2) is 31.3 Å². The molecule has 100 valence electrons. The Morgan fingerprint density at radius 3 is 2.89 bits per heavy atom. The highest BCUT2D eigenvalue weighted by Crippen LogP contribution is 2.43. The number of carbonyl (C=O) groups is 1. The number of aliphatic carboxylic acids is 1. The van der Waals surface area contributed by atoms with Crippen molar-refractivity contribution in [2.75, 3.05) is 0 Å². The van der Waals surface area contributed by atoms with E-state index < -0.39 is 11.4 Å². The molecule has 0 spiro atoms. The average molecular weight is 390 g/mol. The first kappa shape index (κ1) is 13.0. The molecule has 3 rings (SSSR count). The van der Waals surface area contributed by atoms with Crippen molar-refractivity contribution in [3.8, 4) is 11.4 Å². The van der Waals surface area contributed by atoms with Gasteiger partial charge in [-0.05, 0) is 51.9 Å². The van der Waals surface area contributed by atoms with Crippen molar-refractivity contribution in [3.63, 3.8) is 0 Å². The number of nitrogens with zero attached hydrogens (tertiary/aromatic N) is 4. The van der Waals surface area contributed by atoms with Crippen LogP contribution >= 0.6 is 33.9 Å². The first-order valence-electron chi connectivity index (χ1n) is 5.85. The molecule has 8 heteroatoms. The van der Waals surface area contributed by atoms with Gasteiger partial charge < -0.3 is 5.11 Å². The second kappa shape index (κ2) is 4.82. The smallest absolute Gasteiger partial charge is 0.311 e. The molecule has 0 aromatic carbocycles. The van der Waals surface area contributed by atoms with Crippen molar-refractivity contribution < 1.29 is 9.90 Å². The third-order valence-corrected chi connectivity index (χ3v) is 5.36. The zero-order chi connectivity index (χ0) is 13.5. The van der Waals surface area contributed by atoms with E-state index in [1.165, 1.54) is 0 Å². The van der Waals surface area contributed by atoms with E-state index in [4.69, 9.17) is 0 Å². The van der Waals surface area contributed by atoms with E-state index in [0.29, 0.717) is 25.2 Å². The highest BCUT2D eigenvalue weighted by atomic mass is 127. The van der Waals surface area contributed by atoms with Gasteiger partial charge in [-0.15, -0.1) is 16.4 Å². The molecule has 1 fully saturated rings. The van der Waals surface area contributed by atoms with Gasteiger partial charge in [0.2, 0.25) is 0 Å². The monoisotopic (exact) mass is 390 g/mol. The van der Waals surface area contributed by atoms with E-state index in [-0.39, 0.29) is 0 Å². The number of tetrazole rings is 1. The highest BCUT2D eigenvalue weighted by molar-refractivity contribution is 14.1. The van der Waals surface area contributed by atoms with Crippen LogP contribution in [0.1, 0.15) is 19.3 Å². The predicted octanol–water partition coefficient (Wildman–Crippen LogP) is 2.26. The van der Waals surface area contributed by atoms with E-state index in [0.717, 1.165) is 14.9 Å². The highest BCUT2D eigenvalue weighted by Gasteiger charge is 2.45. The molecule has 0 amide bonds. The molecule has 6 nitrogen and oxygen atoms in total. The van der Waals surface area contributed by atoms with Crippen molar-refractivity contribution >= 4 is 39.9 Å². The van der Waals surface area contributed by atoms with Gasteiger partial charge in [-0.1, -0.05) is 6.42 Å². The van der Waals surface area contributed by atoms with Gasteiger partial charge in [0.25, 0.3) is 0 Å². The van der Waals surface area contributed by atoms with Gasteiger partial charge in [0, 0.05) is 10.9 Å². The van der Waals surface area contributed by atoms with E-state index >= 15 is 0 Å².